The lowest BCUT2D eigenvalue weighted by Crippen LogP contribution is -2.23. The number of pyridine rings is 2. The molecule has 2 rings (SSSR count). The third kappa shape index (κ3) is 6.03. The number of aromatic nitrogens is 2. The molecule has 14 heteroatoms. The molecule has 2 aromatic rings. The molecule has 0 fully saturated rings. The van der Waals surface area contributed by atoms with Crippen LogP contribution in [0.25, 0.3) is 0 Å². The number of nitrogen functional groups attached to an aromatic ring is 2. The Morgan fingerprint density at radius 3 is 1.65 bits per heavy atom. The summed E-state index contributed by atoms with van der Waals surface area (Å²) in [5.41, 5.74) is 10.8. The van der Waals surface area contributed by atoms with Crippen LogP contribution >= 0.6 is 42.5 Å². The fraction of sp³-hybridized carbons (Fsp3) is 0.167. The van der Waals surface area contributed by atoms with E-state index in [1.165, 1.54) is 38.6 Å². The molecule has 0 aliphatic rings. The number of rotatable bonds is 3. The van der Waals surface area contributed by atoms with Crippen LogP contribution in [-0.4, -0.2) is 45.2 Å². The molecular weight excluding hydrogens is 538 g/mol. The van der Waals surface area contributed by atoms with Gasteiger partial charge in [-0.2, -0.15) is 0 Å². The number of sulfonamides is 1. The zero-order chi connectivity index (χ0) is 20.3. The van der Waals surface area contributed by atoms with Gasteiger partial charge >= 0.3 is 0 Å². The van der Waals surface area contributed by atoms with Gasteiger partial charge in [0.25, 0.3) is 9.05 Å². The average Bonchev–Trinajstić information content (AvgIpc) is 2.51. The molecule has 0 aliphatic carbocycles. The molecule has 0 saturated carbocycles. The minimum Gasteiger partial charge on any atom is -0.383 e. The van der Waals surface area contributed by atoms with Gasteiger partial charge in [0.05, 0.1) is 0 Å². The highest BCUT2D eigenvalue weighted by atomic mass is 79.9. The molecule has 0 spiro atoms. The summed E-state index contributed by atoms with van der Waals surface area (Å²) in [6.07, 6.45) is 2.84. The molecule has 0 atom stereocenters. The number of halogens is 3. The lowest BCUT2D eigenvalue weighted by Gasteiger charge is -2.12. The molecule has 2 heterocycles. The van der Waals surface area contributed by atoms with E-state index in [2.05, 4.69) is 41.8 Å². The summed E-state index contributed by atoms with van der Waals surface area (Å²) >= 11 is 6.18. The minimum atomic E-state index is -3.80. The highest BCUT2D eigenvalue weighted by Crippen LogP contribution is 2.23. The summed E-state index contributed by atoms with van der Waals surface area (Å²) in [4.78, 5) is 7.19. The van der Waals surface area contributed by atoms with Gasteiger partial charge in [0.1, 0.15) is 21.4 Å². The second-order valence-corrected chi connectivity index (χ2v) is 11.3. The van der Waals surface area contributed by atoms with Crippen molar-refractivity contribution in [1.29, 1.82) is 0 Å². The Kier molecular flexibility index (Phi) is 7.80. The normalized spacial score (nSPS) is 11.8. The Morgan fingerprint density at radius 1 is 0.923 bits per heavy atom. The van der Waals surface area contributed by atoms with E-state index in [0.29, 0.717) is 8.95 Å². The lowest BCUT2D eigenvalue weighted by molar-refractivity contribution is 0.521. The highest BCUT2D eigenvalue weighted by Gasteiger charge is 2.21. The second-order valence-electron chi connectivity index (χ2n) is 4.80. The van der Waals surface area contributed by atoms with Gasteiger partial charge in [-0.05, 0) is 44.0 Å². The number of anilines is 2. The van der Waals surface area contributed by atoms with E-state index in [0.717, 1.165) is 4.31 Å². The van der Waals surface area contributed by atoms with Crippen molar-refractivity contribution in [3.8, 4) is 0 Å². The van der Waals surface area contributed by atoms with Gasteiger partial charge in [0, 0.05) is 46.1 Å². The molecule has 26 heavy (non-hydrogen) atoms. The summed E-state index contributed by atoms with van der Waals surface area (Å²) in [6.45, 7) is 0. The Labute approximate surface area is 172 Å². The standard InChI is InChI=1S/C7H10BrN3O2S.C5H4BrClN2O2S/c1-11(2)14(12,13)6-3-5(8)4-10-7(6)9;6-3-1-4(12(7,10)11)5(8)9-2-3/h3-4H,1-2H3,(H2,9,10);1-2H,(H2,8,9). The molecule has 144 valence electrons. The van der Waals surface area contributed by atoms with E-state index >= 15 is 0 Å². The molecular formula is C12H14Br2ClN5O4S2. The molecule has 0 amide bonds. The third-order valence-electron chi connectivity index (χ3n) is 2.72. The van der Waals surface area contributed by atoms with E-state index in [1.54, 1.807) is 0 Å². The van der Waals surface area contributed by atoms with Crippen molar-refractivity contribution in [3.05, 3.63) is 33.5 Å². The van der Waals surface area contributed by atoms with Crippen LogP contribution in [0.1, 0.15) is 0 Å². The van der Waals surface area contributed by atoms with Crippen molar-refractivity contribution in [1.82, 2.24) is 14.3 Å². The molecule has 0 aliphatic heterocycles. The maximum Gasteiger partial charge on any atom is 0.265 e. The molecule has 0 bridgehead atoms. The van der Waals surface area contributed by atoms with E-state index in [1.807, 2.05) is 0 Å². The molecule has 0 aromatic carbocycles. The van der Waals surface area contributed by atoms with Crippen molar-refractivity contribution in [2.24, 2.45) is 0 Å². The maximum absolute atomic E-state index is 11.7. The van der Waals surface area contributed by atoms with Crippen molar-refractivity contribution < 1.29 is 16.8 Å². The zero-order valence-corrected chi connectivity index (χ0v) is 19.0. The van der Waals surface area contributed by atoms with Gasteiger partial charge in [-0.25, -0.2) is 31.1 Å². The zero-order valence-electron chi connectivity index (χ0n) is 13.4. The van der Waals surface area contributed by atoms with Gasteiger partial charge in [0.15, 0.2) is 0 Å². The number of nitrogens with zero attached hydrogens (tertiary/aromatic N) is 3. The van der Waals surface area contributed by atoms with E-state index < -0.39 is 19.1 Å². The first-order valence-electron chi connectivity index (χ1n) is 6.46. The molecule has 4 N–H and O–H groups in total. The van der Waals surface area contributed by atoms with Crippen molar-refractivity contribution in [2.45, 2.75) is 9.79 Å². The molecule has 0 saturated heterocycles. The van der Waals surface area contributed by atoms with Crippen molar-refractivity contribution >= 4 is 73.3 Å². The van der Waals surface area contributed by atoms with Gasteiger partial charge in [0.2, 0.25) is 10.0 Å². The number of hydrogen-bond donors (Lipinski definition) is 2. The van der Waals surface area contributed by atoms with E-state index in [9.17, 15) is 16.8 Å². The SMILES string of the molecule is CN(C)S(=O)(=O)c1cc(Br)cnc1N.Nc1ncc(Br)cc1S(=O)(=O)Cl. The first-order valence-corrected chi connectivity index (χ1v) is 11.8. The first kappa shape index (κ1) is 23.0. The Hall–Kier alpha value is -0.990. The number of nitrogens with two attached hydrogens (primary N) is 2. The van der Waals surface area contributed by atoms with Crippen LogP contribution in [0.15, 0.2) is 43.3 Å². The topological polar surface area (TPSA) is 149 Å². The van der Waals surface area contributed by atoms with Gasteiger partial charge in [-0.15, -0.1) is 0 Å². The number of hydrogen-bond acceptors (Lipinski definition) is 8. The molecule has 9 nitrogen and oxygen atoms in total. The van der Waals surface area contributed by atoms with Crippen LogP contribution in [-0.2, 0) is 19.1 Å². The summed E-state index contributed by atoms with van der Waals surface area (Å²) in [5.74, 6) is -0.102. The van der Waals surface area contributed by atoms with E-state index in [-0.39, 0.29) is 21.4 Å². The molecule has 0 unspecified atom stereocenters. The maximum atomic E-state index is 11.7. The van der Waals surface area contributed by atoms with Gasteiger partial charge < -0.3 is 11.5 Å². The third-order valence-corrected chi connectivity index (χ3v) is 6.78. The van der Waals surface area contributed by atoms with Crippen LogP contribution in [0, 0.1) is 0 Å². The quantitative estimate of drug-likeness (QED) is 0.551. The monoisotopic (exact) mass is 549 g/mol. The second kappa shape index (κ2) is 8.80. The summed E-state index contributed by atoms with van der Waals surface area (Å²) < 4.78 is 47.2. The fourth-order valence-electron chi connectivity index (χ4n) is 1.46. The predicted molar refractivity (Wildman–Crippen MR) is 107 cm³/mol. The molecule has 0 radical (unpaired) electrons. The summed E-state index contributed by atoms with van der Waals surface area (Å²) in [7, 11) is 0.632. The fourth-order valence-corrected chi connectivity index (χ4v) is 4.35. The van der Waals surface area contributed by atoms with Gasteiger partial charge in [-0.1, -0.05) is 0 Å². The van der Waals surface area contributed by atoms with Crippen LogP contribution in [0.3, 0.4) is 0 Å². The lowest BCUT2D eigenvalue weighted by atomic mass is 10.5. The predicted octanol–water partition coefficient (Wildman–Crippen LogP) is 2.03. The molecule has 2 aromatic heterocycles. The van der Waals surface area contributed by atoms with Crippen LogP contribution in [0.4, 0.5) is 11.6 Å². The minimum absolute atomic E-state index is 0.00176. The van der Waals surface area contributed by atoms with Crippen LogP contribution in [0.2, 0.25) is 0 Å². The Balaban J connectivity index is 0.000000263. The van der Waals surface area contributed by atoms with Crippen LogP contribution in [0.5, 0.6) is 0 Å². The highest BCUT2D eigenvalue weighted by molar-refractivity contribution is 9.10. The van der Waals surface area contributed by atoms with Gasteiger partial charge in [-0.3, -0.25) is 0 Å². The smallest absolute Gasteiger partial charge is 0.265 e. The average molecular weight is 552 g/mol. The Morgan fingerprint density at radius 2 is 1.31 bits per heavy atom. The van der Waals surface area contributed by atoms with Crippen molar-refractivity contribution in [3.63, 3.8) is 0 Å². The summed E-state index contributed by atoms with van der Waals surface area (Å²) in [6, 6.07) is 2.72. The Bertz CT molecular complexity index is 1020. The van der Waals surface area contributed by atoms with Crippen LogP contribution < -0.4 is 11.5 Å². The largest absolute Gasteiger partial charge is 0.383 e. The van der Waals surface area contributed by atoms with E-state index in [4.69, 9.17) is 22.1 Å². The van der Waals surface area contributed by atoms with Crippen molar-refractivity contribution in [2.75, 3.05) is 25.6 Å². The summed E-state index contributed by atoms with van der Waals surface area (Å²) in [5, 5.41) is 0. The first-order chi connectivity index (χ1) is 11.8.